The Labute approximate surface area is 178 Å². The summed E-state index contributed by atoms with van der Waals surface area (Å²) in [4.78, 5) is 28.9. The number of nitrogens with zero attached hydrogens (tertiary/aromatic N) is 5. The smallest absolute Gasteiger partial charge is 0.236 e. The second kappa shape index (κ2) is 8.08. The highest BCUT2D eigenvalue weighted by Gasteiger charge is 2.31. The van der Waals surface area contributed by atoms with E-state index in [1.165, 1.54) is 16.5 Å². The van der Waals surface area contributed by atoms with Crippen LogP contribution in [0.4, 0.5) is 0 Å². The number of amides is 1. The normalized spacial score (nSPS) is 27.5. The molecule has 3 aliphatic heterocycles. The topological polar surface area (TPSA) is 52.0 Å². The number of carbonyl (C=O) groups is 1. The SMILES string of the molecule is C[C@@H]1C[C@@H](c2ccc(C3C=N3)c3ncccc23)CN(C(=O)CN2CCN(C)CC2)C1. The molecule has 0 radical (unpaired) electrons. The molecule has 30 heavy (non-hydrogen) atoms. The molecule has 158 valence electrons. The Balaban J connectivity index is 1.35. The lowest BCUT2D eigenvalue weighted by Gasteiger charge is -2.39. The molecule has 0 aliphatic carbocycles. The molecule has 1 aromatic carbocycles. The minimum Gasteiger partial charge on any atom is -0.341 e. The lowest BCUT2D eigenvalue weighted by Crippen LogP contribution is -2.51. The lowest BCUT2D eigenvalue weighted by atomic mass is 9.83. The molecular formula is C24H31N5O. The molecule has 1 amide bonds. The average Bonchev–Trinajstić information content (AvgIpc) is 3.59. The van der Waals surface area contributed by atoms with Gasteiger partial charge < -0.3 is 9.80 Å². The van der Waals surface area contributed by atoms with E-state index in [1.807, 2.05) is 18.5 Å². The van der Waals surface area contributed by atoms with Gasteiger partial charge in [0.1, 0.15) is 6.04 Å². The monoisotopic (exact) mass is 405 g/mol. The number of aliphatic imine (C=N–C) groups is 1. The molecule has 0 bridgehead atoms. The highest BCUT2D eigenvalue weighted by molar-refractivity contribution is 5.92. The summed E-state index contributed by atoms with van der Waals surface area (Å²) in [6.45, 7) is 8.55. The Morgan fingerprint density at radius 2 is 1.87 bits per heavy atom. The van der Waals surface area contributed by atoms with Crippen LogP contribution >= 0.6 is 0 Å². The zero-order valence-corrected chi connectivity index (χ0v) is 18.0. The highest BCUT2D eigenvalue weighted by Crippen LogP contribution is 2.37. The number of likely N-dealkylation sites (N-methyl/N-ethyl adjacent to an activating group) is 1. The van der Waals surface area contributed by atoms with Gasteiger partial charge in [-0.1, -0.05) is 25.1 Å². The number of likely N-dealkylation sites (tertiary alicyclic amines) is 1. The Hall–Kier alpha value is -2.31. The summed E-state index contributed by atoms with van der Waals surface area (Å²) in [6.07, 6.45) is 4.96. The Morgan fingerprint density at radius 1 is 1.10 bits per heavy atom. The van der Waals surface area contributed by atoms with Crippen molar-refractivity contribution in [1.82, 2.24) is 19.7 Å². The molecule has 0 saturated carbocycles. The summed E-state index contributed by atoms with van der Waals surface area (Å²) in [5.74, 6) is 1.13. The molecule has 1 aromatic heterocycles. The van der Waals surface area contributed by atoms with Crippen molar-refractivity contribution >= 4 is 23.0 Å². The van der Waals surface area contributed by atoms with Crippen LogP contribution in [0.1, 0.15) is 36.4 Å². The highest BCUT2D eigenvalue weighted by atomic mass is 16.2. The summed E-state index contributed by atoms with van der Waals surface area (Å²) in [5.41, 5.74) is 3.58. The summed E-state index contributed by atoms with van der Waals surface area (Å²) in [5, 5.41) is 1.22. The number of fused-ring (bicyclic) bond motifs is 1. The molecule has 3 aliphatic rings. The van der Waals surface area contributed by atoms with Crippen LogP contribution in [0, 0.1) is 5.92 Å². The van der Waals surface area contributed by atoms with Gasteiger partial charge in [-0.15, -0.1) is 0 Å². The van der Waals surface area contributed by atoms with Gasteiger partial charge in [-0.05, 0) is 31.0 Å². The van der Waals surface area contributed by atoms with Crippen molar-refractivity contribution in [1.29, 1.82) is 0 Å². The minimum atomic E-state index is 0.198. The van der Waals surface area contributed by atoms with E-state index < -0.39 is 0 Å². The summed E-state index contributed by atoms with van der Waals surface area (Å²) in [7, 11) is 2.15. The van der Waals surface area contributed by atoms with Gasteiger partial charge in [-0.2, -0.15) is 0 Å². The van der Waals surface area contributed by atoms with Crippen LogP contribution in [0.3, 0.4) is 0 Å². The van der Waals surface area contributed by atoms with E-state index in [1.54, 1.807) is 0 Å². The van der Waals surface area contributed by atoms with Gasteiger partial charge in [-0.3, -0.25) is 19.7 Å². The van der Waals surface area contributed by atoms with Gasteiger partial charge in [0.15, 0.2) is 0 Å². The van der Waals surface area contributed by atoms with Crippen LogP contribution in [-0.4, -0.2) is 84.7 Å². The molecule has 5 rings (SSSR count). The van der Waals surface area contributed by atoms with Gasteiger partial charge in [-0.25, -0.2) is 0 Å². The average molecular weight is 406 g/mol. The van der Waals surface area contributed by atoms with Crippen LogP contribution in [0.5, 0.6) is 0 Å². The predicted octanol–water partition coefficient (Wildman–Crippen LogP) is 2.56. The maximum absolute atomic E-state index is 13.1. The fraction of sp³-hybridized carbons (Fsp3) is 0.542. The van der Waals surface area contributed by atoms with E-state index in [2.05, 4.69) is 56.8 Å². The van der Waals surface area contributed by atoms with Gasteiger partial charge in [0, 0.05) is 68.5 Å². The first-order chi connectivity index (χ1) is 14.6. The van der Waals surface area contributed by atoms with E-state index in [4.69, 9.17) is 0 Å². The number of piperazine rings is 1. The zero-order valence-electron chi connectivity index (χ0n) is 18.0. The molecule has 2 saturated heterocycles. The third-order valence-electron chi connectivity index (χ3n) is 6.86. The Bertz CT molecular complexity index is 959. The number of benzene rings is 1. The summed E-state index contributed by atoms with van der Waals surface area (Å²) in [6, 6.07) is 8.85. The van der Waals surface area contributed by atoms with Crippen LogP contribution in [0.15, 0.2) is 35.5 Å². The van der Waals surface area contributed by atoms with Gasteiger partial charge in [0.05, 0.1) is 12.1 Å². The van der Waals surface area contributed by atoms with Crippen LogP contribution in [0.2, 0.25) is 0 Å². The number of rotatable bonds is 4. The van der Waals surface area contributed by atoms with Crippen molar-refractivity contribution in [2.75, 3.05) is 52.9 Å². The molecule has 1 unspecified atom stereocenters. The molecule has 0 N–H and O–H groups in total. The number of aromatic nitrogens is 1. The van der Waals surface area contributed by atoms with Crippen molar-refractivity contribution in [2.24, 2.45) is 10.9 Å². The van der Waals surface area contributed by atoms with Crippen molar-refractivity contribution in [3.05, 3.63) is 41.6 Å². The number of carbonyl (C=O) groups excluding carboxylic acids is 1. The molecule has 3 atom stereocenters. The predicted molar refractivity (Wildman–Crippen MR) is 120 cm³/mol. The largest absolute Gasteiger partial charge is 0.341 e. The number of piperidine rings is 1. The second-order valence-corrected chi connectivity index (χ2v) is 9.30. The summed E-state index contributed by atoms with van der Waals surface area (Å²) < 4.78 is 0. The molecule has 4 heterocycles. The quantitative estimate of drug-likeness (QED) is 0.785. The van der Waals surface area contributed by atoms with Crippen LogP contribution in [-0.2, 0) is 4.79 Å². The fourth-order valence-electron chi connectivity index (χ4n) is 5.09. The first kappa shape index (κ1) is 19.6. The third-order valence-corrected chi connectivity index (χ3v) is 6.86. The van der Waals surface area contributed by atoms with Gasteiger partial charge >= 0.3 is 0 Å². The van der Waals surface area contributed by atoms with Crippen molar-refractivity contribution in [2.45, 2.75) is 25.3 Å². The van der Waals surface area contributed by atoms with Crippen LogP contribution < -0.4 is 0 Å². The van der Waals surface area contributed by atoms with Gasteiger partial charge in [0.25, 0.3) is 0 Å². The molecule has 2 aromatic rings. The number of pyridine rings is 1. The standard InChI is InChI=1S/C24H31N5O/c1-17-12-18(15-29(14-17)23(30)16-28-10-8-27(2)9-11-28)19-5-6-21(22-13-26-22)24-20(19)4-3-7-25-24/h3-7,13,17-18,22H,8-12,14-16H2,1-2H3/t17-,18-,22?/m1/s1. The van der Waals surface area contributed by atoms with E-state index >= 15 is 0 Å². The molecule has 2 fully saturated rings. The Morgan fingerprint density at radius 3 is 2.63 bits per heavy atom. The maximum atomic E-state index is 13.1. The third kappa shape index (κ3) is 3.98. The first-order valence-electron chi connectivity index (χ1n) is 11.2. The van der Waals surface area contributed by atoms with Crippen LogP contribution in [0.25, 0.3) is 10.9 Å². The summed E-state index contributed by atoms with van der Waals surface area (Å²) >= 11 is 0. The maximum Gasteiger partial charge on any atom is 0.236 e. The number of hydrogen-bond donors (Lipinski definition) is 0. The van der Waals surface area contributed by atoms with E-state index in [0.29, 0.717) is 18.4 Å². The molecule has 6 nitrogen and oxygen atoms in total. The van der Waals surface area contributed by atoms with Crippen molar-refractivity contribution in [3.8, 4) is 0 Å². The van der Waals surface area contributed by atoms with E-state index in [0.717, 1.165) is 51.2 Å². The zero-order chi connectivity index (χ0) is 20.7. The van der Waals surface area contributed by atoms with Gasteiger partial charge in [0.2, 0.25) is 5.91 Å². The van der Waals surface area contributed by atoms with Crippen molar-refractivity contribution in [3.63, 3.8) is 0 Å². The fourth-order valence-corrected chi connectivity index (χ4v) is 5.09. The van der Waals surface area contributed by atoms with E-state index in [9.17, 15) is 4.79 Å². The van der Waals surface area contributed by atoms with Crippen molar-refractivity contribution < 1.29 is 4.79 Å². The number of hydrogen-bond acceptors (Lipinski definition) is 5. The molecule has 0 spiro atoms. The Kier molecular flexibility index (Phi) is 5.29. The lowest BCUT2D eigenvalue weighted by molar-refractivity contribution is -0.134. The molecular weight excluding hydrogens is 374 g/mol. The first-order valence-corrected chi connectivity index (χ1v) is 11.2. The minimum absolute atomic E-state index is 0.198. The second-order valence-electron chi connectivity index (χ2n) is 9.30. The molecule has 6 heteroatoms. The van der Waals surface area contributed by atoms with E-state index in [-0.39, 0.29) is 11.9 Å².